The van der Waals surface area contributed by atoms with Crippen molar-refractivity contribution < 1.29 is 28.6 Å². The van der Waals surface area contributed by atoms with Gasteiger partial charge in [-0.1, -0.05) is 296 Å². The van der Waals surface area contributed by atoms with Crippen molar-refractivity contribution in [3.8, 4) is 0 Å². The van der Waals surface area contributed by atoms with E-state index in [-0.39, 0.29) is 31.1 Å². The molecule has 0 aromatic carbocycles. The van der Waals surface area contributed by atoms with Gasteiger partial charge in [0.2, 0.25) is 0 Å². The van der Waals surface area contributed by atoms with E-state index in [1.54, 1.807) is 0 Å². The van der Waals surface area contributed by atoms with Crippen molar-refractivity contribution in [2.45, 2.75) is 329 Å². The summed E-state index contributed by atoms with van der Waals surface area (Å²) in [4.78, 5) is 38.4. The fourth-order valence-electron chi connectivity index (χ4n) is 9.57. The fraction of sp³-hybridized carbons (Fsp3) is 0.697. The maximum absolute atomic E-state index is 12.9. The molecule has 468 valence electrons. The first-order chi connectivity index (χ1) is 40.5. The lowest BCUT2D eigenvalue weighted by molar-refractivity contribution is -0.167. The minimum absolute atomic E-state index is 0.0867. The lowest BCUT2D eigenvalue weighted by atomic mass is 10.0. The molecule has 0 amide bonds. The number of esters is 3. The molecule has 0 aromatic rings. The van der Waals surface area contributed by atoms with Gasteiger partial charge >= 0.3 is 17.9 Å². The Morgan fingerprint density at radius 3 is 0.744 bits per heavy atom. The Balaban J connectivity index is 4.28. The van der Waals surface area contributed by atoms with Gasteiger partial charge in [-0.15, -0.1) is 0 Å². The van der Waals surface area contributed by atoms with Crippen LogP contribution in [-0.4, -0.2) is 37.2 Å². The molecule has 0 spiro atoms. The summed E-state index contributed by atoms with van der Waals surface area (Å²) < 4.78 is 17.0. The van der Waals surface area contributed by atoms with Crippen LogP contribution in [0.5, 0.6) is 0 Å². The third-order valence-corrected chi connectivity index (χ3v) is 14.7. The summed E-state index contributed by atoms with van der Waals surface area (Å²) in [5.41, 5.74) is 0. The molecule has 0 saturated heterocycles. The van der Waals surface area contributed by atoms with E-state index in [0.717, 1.165) is 141 Å². The smallest absolute Gasteiger partial charge is 0.306 e. The predicted octanol–water partition coefficient (Wildman–Crippen LogP) is 23.9. The fourth-order valence-corrected chi connectivity index (χ4v) is 9.57. The first-order valence-corrected chi connectivity index (χ1v) is 34.5. The molecule has 0 rings (SSSR count). The summed E-state index contributed by atoms with van der Waals surface area (Å²) >= 11 is 0. The number of unbranched alkanes of at least 4 members (excludes halogenated alkanes) is 31. The van der Waals surface area contributed by atoms with Crippen molar-refractivity contribution in [2.75, 3.05) is 13.2 Å². The molecular weight excluding hydrogens is 1010 g/mol. The van der Waals surface area contributed by atoms with Gasteiger partial charge in [-0.3, -0.25) is 14.4 Å². The molecule has 0 aliphatic heterocycles. The second kappa shape index (κ2) is 69.3. The Hall–Kier alpha value is -4.19. The first kappa shape index (κ1) is 77.8. The molecule has 0 bridgehead atoms. The molecule has 0 heterocycles. The molecule has 0 aromatic heterocycles. The van der Waals surface area contributed by atoms with Crippen molar-refractivity contribution in [2.24, 2.45) is 0 Å². The van der Waals surface area contributed by atoms with Crippen LogP contribution >= 0.6 is 0 Å². The van der Waals surface area contributed by atoms with E-state index in [1.807, 2.05) is 0 Å². The molecule has 0 aliphatic rings. The van der Waals surface area contributed by atoms with Gasteiger partial charge < -0.3 is 14.2 Å². The van der Waals surface area contributed by atoms with E-state index >= 15 is 0 Å². The molecular formula is C76H128O6. The second-order valence-electron chi connectivity index (χ2n) is 22.7. The number of carbonyl (C=O) groups excluding carboxylic acids is 3. The van der Waals surface area contributed by atoms with E-state index in [2.05, 4.69) is 142 Å². The van der Waals surface area contributed by atoms with Crippen LogP contribution in [0.3, 0.4) is 0 Å². The Kier molecular flexibility index (Phi) is 65.8. The summed E-state index contributed by atoms with van der Waals surface area (Å²) in [7, 11) is 0. The van der Waals surface area contributed by atoms with Crippen molar-refractivity contribution in [1.82, 2.24) is 0 Å². The van der Waals surface area contributed by atoms with Gasteiger partial charge in [-0.25, -0.2) is 0 Å². The zero-order valence-corrected chi connectivity index (χ0v) is 53.7. The normalized spacial score (nSPS) is 12.9. The number of carbonyl (C=O) groups is 3. The zero-order chi connectivity index (χ0) is 59.2. The average molecular weight is 1140 g/mol. The van der Waals surface area contributed by atoms with Crippen LogP contribution in [0, 0.1) is 0 Å². The Morgan fingerprint density at radius 2 is 0.476 bits per heavy atom. The Labute approximate surface area is 507 Å². The van der Waals surface area contributed by atoms with Gasteiger partial charge in [0.05, 0.1) is 0 Å². The predicted molar refractivity (Wildman–Crippen MR) is 357 cm³/mol. The summed E-state index contributed by atoms with van der Waals surface area (Å²) in [5.74, 6) is -0.901. The molecule has 6 heteroatoms. The summed E-state index contributed by atoms with van der Waals surface area (Å²) in [6.45, 7) is 6.41. The first-order valence-electron chi connectivity index (χ1n) is 34.5. The van der Waals surface area contributed by atoms with Crippen molar-refractivity contribution in [3.05, 3.63) is 122 Å². The van der Waals surface area contributed by atoms with Crippen LogP contribution in [0.15, 0.2) is 122 Å². The van der Waals surface area contributed by atoms with Gasteiger partial charge in [0.1, 0.15) is 13.2 Å². The topological polar surface area (TPSA) is 78.9 Å². The van der Waals surface area contributed by atoms with E-state index in [0.29, 0.717) is 19.3 Å². The highest BCUT2D eigenvalue weighted by atomic mass is 16.6. The molecule has 1 atom stereocenters. The third kappa shape index (κ3) is 66.6. The quantitative estimate of drug-likeness (QED) is 0.0261. The van der Waals surface area contributed by atoms with Gasteiger partial charge in [-0.2, -0.15) is 0 Å². The second-order valence-corrected chi connectivity index (χ2v) is 22.7. The molecule has 6 nitrogen and oxygen atoms in total. The molecule has 0 radical (unpaired) electrons. The SMILES string of the molecule is CC/C=C\C/C=C\C/C=C\C/C=C\C/C=C\CCCCCCCCCCCCCCCCCC(=O)OCC(COC(=O)CCCCCCC/C=C\C/C=C\CCCCCC)OC(=O)CCCCCCCCC/C=C\C/C=C\C/C=C\CC. The monoisotopic (exact) mass is 1140 g/mol. The molecule has 82 heavy (non-hydrogen) atoms. The van der Waals surface area contributed by atoms with Crippen molar-refractivity contribution in [3.63, 3.8) is 0 Å². The minimum atomic E-state index is -0.793. The zero-order valence-electron chi connectivity index (χ0n) is 53.7. The van der Waals surface area contributed by atoms with Gasteiger partial charge in [-0.05, 0) is 128 Å². The number of hydrogen-bond acceptors (Lipinski definition) is 6. The van der Waals surface area contributed by atoms with E-state index in [9.17, 15) is 14.4 Å². The van der Waals surface area contributed by atoms with Crippen LogP contribution in [0.1, 0.15) is 323 Å². The summed E-state index contributed by atoms with van der Waals surface area (Å²) in [6, 6.07) is 0. The highest BCUT2D eigenvalue weighted by molar-refractivity contribution is 5.71. The number of hydrogen-bond donors (Lipinski definition) is 0. The molecule has 1 unspecified atom stereocenters. The Bertz CT molecular complexity index is 1690. The van der Waals surface area contributed by atoms with Gasteiger partial charge in [0, 0.05) is 19.3 Å². The number of ether oxygens (including phenoxy) is 3. The molecule has 0 fully saturated rings. The minimum Gasteiger partial charge on any atom is -0.462 e. The lowest BCUT2D eigenvalue weighted by Gasteiger charge is -2.18. The van der Waals surface area contributed by atoms with E-state index in [4.69, 9.17) is 14.2 Å². The third-order valence-electron chi connectivity index (χ3n) is 14.7. The van der Waals surface area contributed by atoms with Gasteiger partial charge in [0.25, 0.3) is 0 Å². The molecule has 0 saturated carbocycles. The number of rotatable bonds is 62. The van der Waals surface area contributed by atoms with Gasteiger partial charge in [0.15, 0.2) is 6.10 Å². The van der Waals surface area contributed by atoms with Crippen molar-refractivity contribution >= 4 is 17.9 Å². The van der Waals surface area contributed by atoms with Crippen LogP contribution in [0.25, 0.3) is 0 Å². The van der Waals surface area contributed by atoms with E-state index in [1.165, 1.54) is 141 Å². The lowest BCUT2D eigenvalue weighted by Crippen LogP contribution is -2.30. The Morgan fingerprint density at radius 1 is 0.256 bits per heavy atom. The van der Waals surface area contributed by atoms with Crippen LogP contribution < -0.4 is 0 Å². The highest BCUT2D eigenvalue weighted by Gasteiger charge is 2.19. The van der Waals surface area contributed by atoms with E-state index < -0.39 is 6.10 Å². The maximum Gasteiger partial charge on any atom is 0.306 e. The average Bonchev–Trinajstić information content (AvgIpc) is 3.48. The maximum atomic E-state index is 12.9. The highest BCUT2D eigenvalue weighted by Crippen LogP contribution is 2.17. The van der Waals surface area contributed by atoms with Crippen LogP contribution in [-0.2, 0) is 28.6 Å². The largest absolute Gasteiger partial charge is 0.462 e. The summed E-state index contributed by atoms with van der Waals surface area (Å²) in [5, 5.41) is 0. The van der Waals surface area contributed by atoms with Crippen LogP contribution in [0.4, 0.5) is 0 Å². The standard InChI is InChI=1S/C76H128O6/c1-4-7-10-13-16-19-22-25-28-31-32-33-34-35-36-37-38-39-40-41-42-43-44-46-48-51-54-57-60-63-66-69-75(78)81-72-73(71-80-74(77)68-65-62-59-56-53-50-47-30-27-24-21-18-15-12-9-6-3)82-76(79)70-67-64-61-58-55-52-49-45-29-26-23-20-17-14-11-8-5-2/h7-8,10-11,16-17,19-21,24-26,28-30,32-33,35-36,47,73H,4-6,9,12-15,18,22-23,27,31,34,37-46,48-72H2,1-3H3/b10-7-,11-8-,19-16-,20-17-,24-21-,28-25-,29-26-,33-32-,36-35-,47-30-. The van der Waals surface area contributed by atoms with Crippen molar-refractivity contribution in [1.29, 1.82) is 0 Å². The molecule has 0 N–H and O–H groups in total. The van der Waals surface area contributed by atoms with Crippen LogP contribution in [0.2, 0.25) is 0 Å². The summed E-state index contributed by atoms with van der Waals surface area (Å²) in [6.07, 6.45) is 96.5. The molecule has 0 aliphatic carbocycles. The number of allylic oxidation sites excluding steroid dienone is 20.